The van der Waals surface area contributed by atoms with E-state index in [0.717, 1.165) is 0 Å². The number of ether oxygens (including phenoxy) is 1. The molecule has 0 spiro atoms. The fourth-order valence-electron chi connectivity index (χ4n) is 0.587. The summed E-state index contributed by atoms with van der Waals surface area (Å²) in [6.07, 6.45) is 0. The van der Waals surface area contributed by atoms with Gasteiger partial charge >= 0.3 is 8.25 Å². The predicted molar refractivity (Wildman–Crippen MR) is 38.0 cm³/mol. The summed E-state index contributed by atoms with van der Waals surface area (Å²) in [5.74, 6) is -0.945. The van der Waals surface area contributed by atoms with E-state index in [1.165, 1.54) is 0 Å². The van der Waals surface area contributed by atoms with Crippen LogP contribution in [0.4, 0.5) is 0 Å². The number of rotatable bonds is 4. The molecular formula is C5H13O4P. The SMILES string of the molecule is CCOC(C)(C)O[PH](=O)O. The molecule has 0 radical (unpaired) electrons. The van der Waals surface area contributed by atoms with E-state index in [1.54, 1.807) is 20.8 Å². The van der Waals surface area contributed by atoms with E-state index in [1.807, 2.05) is 0 Å². The molecule has 1 N–H and O–H groups in total. The van der Waals surface area contributed by atoms with Crippen molar-refractivity contribution in [3.05, 3.63) is 0 Å². The molecule has 0 heterocycles. The normalized spacial score (nSPS) is 15.2. The van der Waals surface area contributed by atoms with Gasteiger partial charge in [-0.2, -0.15) is 0 Å². The molecular weight excluding hydrogens is 155 g/mol. The Morgan fingerprint density at radius 1 is 1.60 bits per heavy atom. The molecule has 0 saturated heterocycles. The molecule has 0 amide bonds. The zero-order valence-electron chi connectivity index (χ0n) is 6.38. The molecule has 1 atom stereocenters. The molecule has 10 heavy (non-hydrogen) atoms. The highest BCUT2D eigenvalue weighted by Crippen LogP contribution is 2.26. The second-order valence-electron chi connectivity index (χ2n) is 2.20. The van der Waals surface area contributed by atoms with Gasteiger partial charge in [0.2, 0.25) is 0 Å². The summed E-state index contributed by atoms with van der Waals surface area (Å²) in [6, 6.07) is 0. The summed E-state index contributed by atoms with van der Waals surface area (Å²) in [7, 11) is -2.89. The van der Waals surface area contributed by atoms with E-state index in [9.17, 15) is 4.57 Å². The Morgan fingerprint density at radius 2 is 2.10 bits per heavy atom. The van der Waals surface area contributed by atoms with Crippen LogP contribution in [0, 0.1) is 0 Å². The van der Waals surface area contributed by atoms with Crippen molar-refractivity contribution in [3.63, 3.8) is 0 Å². The highest BCUT2D eigenvalue weighted by atomic mass is 31.1. The maximum Gasteiger partial charge on any atom is 0.319 e. The summed E-state index contributed by atoms with van der Waals surface area (Å²) in [6.45, 7) is 5.44. The Bertz CT molecular complexity index is 123. The van der Waals surface area contributed by atoms with E-state index in [4.69, 9.17) is 9.63 Å². The van der Waals surface area contributed by atoms with Crippen molar-refractivity contribution in [2.24, 2.45) is 0 Å². The lowest BCUT2D eigenvalue weighted by Gasteiger charge is -2.22. The molecule has 0 bridgehead atoms. The Kier molecular flexibility index (Phi) is 4.13. The lowest BCUT2D eigenvalue weighted by Crippen LogP contribution is -2.25. The van der Waals surface area contributed by atoms with Gasteiger partial charge in [-0.05, 0) is 20.8 Å². The van der Waals surface area contributed by atoms with Crippen molar-refractivity contribution in [1.82, 2.24) is 0 Å². The largest absolute Gasteiger partial charge is 0.350 e. The van der Waals surface area contributed by atoms with Crippen molar-refractivity contribution in [2.75, 3.05) is 6.61 Å². The van der Waals surface area contributed by atoms with Crippen LogP contribution in [-0.2, 0) is 13.8 Å². The zero-order valence-corrected chi connectivity index (χ0v) is 7.38. The molecule has 0 aromatic carbocycles. The third-order valence-corrected chi connectivity index (χ3v) is 1.49. The fraction of sp³-hybridized carbons (Fsp3) is 1.00. The first-order valence-electron chi connectivity index (χ1n) is 3.04. The van der Waals surface area contributed by atoms with E-state index >= 15 is 0 Å². The summed E-state index contributed by atoms with van der Waals surface area (Å²) >= 11 is 0. The van der Waals surface area contributed by atoms with Gasteiger partial charge in [-0.25, -0.2) is 0 Å². The molecule has 5 heteroatoms. The molecule has 0 aromatic heterocycles. The molecule has 62 valence electrons. The van der Waals surface area contributed by atoms with Crippen LogP contribution >= 0.6 is 8.25 Å². The van der Waals surface area contributed by atoms with Crippen molar-refractivity contribution in [3.8, 4) is 0 Å². The molecule has 0 fully saturated rings. The lowest BCUT2D eigenvalue weighted by molar-refractivity contribution is -0.152. The van der Waals surface area contributed by atoms with Crippen LogP contribution < -0.4 is 0 Å². The lowest BCUT2D eigenvalue weighted by atomic mass is 10.4. The van der Waals surface area contributed by atoms with Gasteiger partial charge in [-0.3, -0.25) is 9.09 Å². The average molecular weight is 168 g/mol. The third kappa shape index (κ3) is 4.94. The van der Waals surface area contributed by atoms with Gasteiger partial charge in [-0.15, -0.1) is 0 Å². The zero-order chi connectivity index (χ0) is 8.20. The minimum atomic E-state index is -2.89. The predicted octanol–water partition coefficient (Wildman–Crippen LogP) is 1.16. The van der Waals surface area contributed by atoms with E-state index in [-0.39, 0.29) is 0 Å². The van der Waals surface area contributed by atoms with Gasteiger partial charge in [0, 0.05) is 6.61 Å². The minimum Gasteiger partial charge on any atom is -0.350 e. The van der Waals surface area contributed by atoms with Crippen LogP contribution in [0.15, 0.2) is 0 Å². The smallest absolute Gasteiger partial charge is 0.319 e. The molecule has 0 aromatic rings. The second-order valence-corrected chi connectivity index (χ2v) is 2.94. The molecule has 0 rings (SSSR count). The first kappa shape index (κ1) is 10.1. The maximum absolute atomic E-state index is 10.2. The quantitative estimate of drug-likeness (QED) is 0.505. The molecule has 0 aliphatic carbocycles. The minimum absolute atomic E-state index is 0.460. The Hall–Kier alpha value is 0.110. The standard InChI is InChI=1S/C5H13O4P/c1-4-8-5(2,3)9-10(6)7/h10H,4H2,1-3H3,(H,6,7). The van der Waals surface area contributed by atoms with Crippen LogP contribution in [0.3, 0.4) is 0 Å². The number of hydrogen-bond donors (Lipinski definition) is 1. The van der Waals surface area contributed by atoms with Gasteiger partial charge in [0.15, 0.2) is 5.79 Å². The molecule has 0 saturated carbocycles. The van der Waals surface area contributed by atoms with Gasteiger partial charge in [-0.1, -0.05) is 0 Å². The first-order valence-corrected chi connectivity index (χ1v) is 4.30. The topological polar surface area (TPSA) is 55.8 Å². The van der Waals surface area contributed by atoms with Crippen LogP contribution in [0.2, 0.25) is 0 Å². The van der Waals surface area contributed by atoms with Crippen molar-refractivity contribution >= 4 is 8.25 Å². The number of hydrogen-bond acceptors (Lipinski definition) is 3. The Labute approximate surface area is 61.1 Å². The average Bonchev–Trinajstić information content (AvgIpc) is 1.59. The third-order valence-electron chi connectivity index (χ3n) is 0.825. The first-order chi connectivity index (χ1) is 4.48. The van der Waals surface area contributed by atoms with Crippen LogP contribution in [-0.4, -0.2) is 17.3 Å². The summed E-state index contributed by atoms with van der Waals surface area (Å²) < 4.78 is 19.7. The second kappa shape index (κ2) is 4.09. The fourth-order valence-corrected chi connectivity index (χ4v) is 1.07. The van der Waals surface area contributed by atoms with E-state index in [0.29, 0.717) is 6.61 Å². The van der Waals surface area contributed by atoms with Gasteiger partial charge < -0.3 is 9.63 Å². The van der Waals surface area contributed by atoms with Crippen molar-refractivity contribution in [2.45, 2.75) is 26.6 Å². The highest BCUT2D eigenvalue weighted by Gasteiger charge is 2.19. The summed E-state index contributed by atoms with van der Waals surface area (Å²) in [4.78, 5) is 8.36. The Balaban J connectivity index is 3.74. The van der Waals surface area contributed by atoms with Gasteiger partial charge in [0.05, 0.1) is 0 Å². The maximum atomic E-state index is 10.2. The summed E-state index contributed by atoms with van der Waals surface area (Å²) in [5, 5.41) is 0. The van der Waals surface area contributed by atoms with Gasteiger partial charge in [0.25, 0.3) is 0 Å². The summed E-state index contributed by atoms with van der Waals surface area (Å²) in [5.41, 5.74) is 0. The highest BCUT2D eigenvalue weighted by molar-refractivity contribution is 7.32. The molecule has 0 aliphatic heterocycles. The van der Waals surface area contributed by atoms with Crippen molar-refractivity contribution in [1.29, 1.82) is 0 Å². The molecule has 0 aliphatic rings. The molecule has 4 nitrogen and oxygen atoms in total. The van der Waals surface area contributed by atoms with Gasteiger partial charge in [0.1, 0.15) is 0 Å². The van der Waals surface area contributed by atoms with E-state index < -0.39 is 14.0 Å². The molecule has 1 unspecified atom stereocenters. The van der Waals surface area contributed by atoms with E-state index in [2.05, 4.69) is 4.52 Å². The monoisotopic (exact) mass is 168 g/mol. The van der Waals surface area contributed by atoms with Crippen LogP contribution in [0.1, 0.15) is 20.8 Å². The van der Waals surface area contributed by atoms with Crippen LogP contribution in [0.5, 0.6) is 0 Å². The van der Waals surface area contributed by atoms with Crippen molar-refractivity contribution < 1.29 is 18.7 Å². The van der Waals surface area contributed by atoms with Crippen LogP contribution in [0.25, 0.3) is 0 Å². The Morgan fingerprint density at radius 3 is 2.40 bits per heavy atom.